The first-order valence-electron chi connectivity index (χ1n) is 9.47. The van der Waals surface area contributed by atoms with Crippen LogP contribution in [0.1, 0.15) is 40.0 Å². The summed E-state index contributed by atoms with van der Waals surface area (Å²) in [6.07, 6.45) is 3.81. The number of aliphatic hydroxyl groups excluding tert-OH is 1. The van der Waals surface area contributed by atoms with E-state index in [2.05, 4.69) is 88.0 Å². The van der Waals surface area contributed by atoms with Gasteiger partial charge in [-0.05, 0) is 34.7 Å². The van der Waals surface area contributed by atoms with E-state index in [4.69, 9.17) is 4.43 Å². The fourth-order valence-electron chi connectivity index (χ4n) is 3.56. The van der Waals surface area contributed by atoms with Crippen molar-refractivity contribution in [2.45, 2.75) is 51.2 Å². The van der Waals surface area contributed by atoms with Gasteiger partial charge in [-0.15, -0.1) is 6.58 Å². The van der Waals surface area contributed by atoms with Gasteiger partial charge >= 0.3 is 0 Å². The average Bonchev–Trinajstić information content (AvgIpc) is 2.65. The van der Waals surface area contributed by atoms with Gasteiger partial charge in [0.1, 0.15) is 0 Å². The summed E-state index contributed by atoms with van der Waals surface area (Å²) < 4.78 is 6.81. The van der Waals surface area contributed by atoms with Crippen LogP contribution < -0.4 is 10.4 Å². The Labute approximate surface area is 159 Å². The van der Waals surface area contributed by atoms with E-state index in [-0.39, 0.29) is 5.04 Å². The quantitative estimate of drug-likeness (QED) is 0.407. The van der Waals surface area contributed by atoms with E-state index in [9.17, 15) is 5.11 Å². The molecule has 0 aromatic heterocycles. The van der Waals surface area contributed by atoms with Crippen molar-refractivity contribution >= 4 is 18.7 Å². The van der Waals surface area contributed by atoms with Crippen molar-refractivity contribution in [3.63, 3.8) is 0 Å². The van der Waals surface area contributed by atoms with Crippen LogP contribution in [0.3, 0.4) is 0 Å². The van der Waals surface area contributed by atoms with Gasteiger partial charge in [-0.2, -0.15) is 0 Å². The van der Waals surface area contributed by atoms with E-state index < -0.39 is 14.4 Å². The maximum absolute atomic E-state index is 9.65. The molecule has 0 heterocycles. The van der Waals surface area contributed by atoms with E-state index in [1.54, 1.807) is 6.08 Å². The van der Waals surface area contributed by atoms with Crippen LogP contribution in [-0.4, -0.2) is 26.1 Å². The summed E-state index contributed by atoms with van der Waals surface area (Å²) >= 11 is 0. The number of unbranched alkanes of at least 4 members (excludes halogenated alkanes) is 1. The molecule has 1 N–H and O–H groups in total. The van der Waals surface area contributed by atoms with Gasteiger partial charge in [-0.1, -0.05) is 87.5 Å². The Bertz CT molecular complexity index is 622. The Morgan fingerprint density at radius 1 is 0.962 bits per heavy atom. The molecule has 2 rings (SSSR count). The first-order valence-corrected chi connectivity index (χ1v) is 11.4. The molecule has 0 radical (unpaired) electrons. The summed E-state index contributed by atoms with van der Waals surface area (Å²) in [7, 11) is -2.42. The third kappa shape index (κ3) is 4.73. The lowest BCUT2D eigenvalue weighted by Gasteiger charge is -2.43. The molecular weight excluding hydrogens is 336 g/mol. The van der Waals surface area contributed by atoms with Crippen LogP contribution in [0, 0.1) is 0 Å². The monoisotopic (exact) mass is 368 g/mol. The van der Waals surface area contributed by atoms with Gasteiger partial charge in [0, 0.05) is 6.61 Å². The first-order chi connectivity index (χ1) is 12.4. The highest BCUT2D eigenvalue weighted by Gasteiger charge is 2.49. The van der Waals surface area contributed by atoms with Crippen LogP contribution in [0.2, 0.25) is 5.04 Å². The SMILES string of the molecule is C=CC(O)CCCCO[Si](c1ccccc1)(c1ccccc1)C(C)(C)C. The Kier molecular flexibility index (Phi) is 7.39. The number of rotatable bonds is 9. The van der Waals surface area contributed by atoms with Crippen molar-refractivity contribution in [3.05, 3.63) is 73.3 Å². The lowest BCUT2D eigenvalue weighted by Crippen LogP contribution is -2.66. The largest absolute Gasteiger partial charge is 0.407 e. The smallest absolute Gasteiger partial charge is 0.261 e. The van der Waals surface area contributed by atoms with Gasteiger partial charge in [0.15, 0.2) is 0 Å². The van der Waals surface area contributed by atoms with Crippen molar-refractivity contribution in [1.29, 1.82) is 0 Å². The molecule has 0 saturated heterocycles. The van der Waals surface area contributed by atoms with E-state index in [1.807, 2.05) is 0 Å². The number of aliphatic hydroxyl groups is 1. The summed E-state index contributed by atoms with van der Waals surface area (Å²) in [4.78, 5) is 0. The first kappa shape index (κ1) is 20.6. The second-order valence-corrected chi connectivity index (χ2v) is 12.1. The molecule has 2 aromatic rings. The van der Waals surface area contributed by atoms with E-state index in [1.165, 1.54) is 10.4 Å². The number of benzene rings is 2. The lowest BCUT2D eigenvalue weighted by atomic mass is 10.1. The van der Waals surface area contributed by atoms with Crippen molar-refractivity contribution in [2.75, 3.05) is 6.61 Å². The van der Waals surface area contributed by atoms with E-state index in [0.29, 0.717) is 6.61 Å². The minimum absolute atomic E-state index is 0.0103. The molecule has 0 bridgehead atoms. The Morgan fingerprint density at radius 3 is 1.88 bits per heavy atom. The highest BCUT2D eigenvalue weighted by molar-refractivity contribution is 6.99. The molecule has 1 unspecified atom stereocenters. The maximum Gasteiger partial charge on any atom is 0.261 e. The van der Waals surface area contributed by atoms with Gasteiger partial charge in [0.25, 0.3) is 8.32 Å². The molecular formula is C23H32O2Si. The maximum atomic E-state index is 9.65. The van der Waals surface area contributed by atoms with Crippen LogP contribution in [0.15, 0.2) is 73.3 Å². The fraction of sp³-hybridized carbons (Fsp3) is 0.391. The zero-order valence-corrected chi connectivity index (χ0v) is 17.3. The fourth-order valence-corrected chi connectivity index (χ4v) is 8.17. The summed E-state index contributed by atoms with van der Waals surface area (Å²) in [5.41, 5.74) is 0. The summed E-state index contributed by atoms with van der Waals surface area (Å²) in [6.45, 7) is 11.2. The molecule has 0 fully saturated rings. The third-order valence-corrected chi connectivity index (χ3v) is 9.94. The minimum atomic E-state index is -2.42. The summed E-state index contributed by atoms with van der Waals surface area (Å²) in [5, 5.41) is 12.3. The molecule has 26 heavy (non-hydrogen) atoms. The van der Waals surface area contributed by atoms with Gasteiger partial charge in [-0.3, -0.25) is 0 Å². The second-order valence-electron chi connectivity index (χ2n) is 7.81. The second kappa shape index (κ2) is 9.31. The van der Waals surface area contributed by atoms with Crippen LogP contribution in [0.4, 0.5) is 0 Å². The average molecular weight is 369 g/mol. The Balaban J connectivity index is 2.30. The van der Waals surface area contributed by atoms with Crippen LogP contribution in [0.25, 0.3) is 0 Å². The molecule has 0 aliphatic rings. The van der Waals surface area contributed by atoms with Crippen molar-refractivity contribution in [3.8, 4) is 0 Å². The zero-order chi connectivity index (χ0) is 19.0. The highest BCUT2D eigenvalue weighted by Crippen LogP contribution is 2.36. The molecule has 2 aromatic carbocycles. The standard InChI is InChI=1S/C23H32O2Si/c1-5-20(24)14-12-13-19-25-26(23(2,3)4,21-15-8-6-9-16-21)22-17-10-7-11-18-22/h5-11,15-18,20,24H,1,12-14,19H2,2-4H3. The van der Waals surface area contributed by atoms with E-state index in [0.717, 1.165) is 19.3 Å². The van der Waals surface area contributed by atoms with Gasteiger partial charge in [0.05, 0.1) is 6.10 Å². The Hall–Kier alpha value is -1.68. The number of hydrogen-bond donors (Lipinski definition) is 1. The minimum Gasteiger partial charge on any atom is -0.407 e. The molecule has 0 spiro atoms. The summed E-state index contributed by atoms with van der Waals surface area (Å²) in [5.74, 6) is 0. The molecule has 0 aliphatic heterocycles. The molecule has 0 saturated carbocycles. The predicted octanol–water partition coefficient (Wildman–Crippen LogP) is 4.28. The van der Waals surface area contributed by atoms with Gasteiger partial charge in [-0.25, -0.2) is 0 Å². The predicted molar refractivity (Wildman–Crippen MR) is 114 cm³/mol. The molecule has 1 atom stereocenters. The van der Waals surface area contributed by atoms with Crippen LogP contribution in [-0.2, 0) is 4.43 Å². The van der Waals surface area contributed by atoms with Crippen molar-refractivity contribution in [1.82, 2.24) is 0 Å². The van der Waals surface area contributed by atoms with Gasteiger partial charge < -0.3 is 9.53 Å². The van der Waals surface area contributed by atoms with E-state index >= 15 is 0 Å². The molecule has 3 heteroatoms. The normalized spacial score (nSPS) is 13.4. The molecule has 140 valence electrons. The topological polar surface area (TPSA) is 29.5 Å². The zero-order valence-electron chi connectivity index (χ0n) is 16.3. The highest BCUT2D eigenvalue weighted by atomic mass is 28.4. The summed E-state index contributed by atoms with van der Waals surface area (Å²) in [6, 6.07) is 21.4. The van der Waals surface area contributed by atoms with Crippen LogP contribution >= 0.6 is 0 Å². The third-order valence-electron chi connectivity index (χ3n) is 4.90. The molecule has 0 amide bonds. The Morgan fingerprint density at radius 2 is 1.46 bits per heavy atom. The number of hydrogen-bond acceptors (Lipinski definition) is 2. The van der Waals surface area contributed by atoms with Crippen molar-refractivity contribution in [2.24, 2.45) is 0 Å². The van der Waals surface area contributed by atoms with Gasteiger partial charge in [0.2, 0.25) is 0 Å². The van der Waals surface area contributed by atoms with Crippen LogP contribution in [0.5, 0.6) is 0 Å². The lowest BCUT2D eigenvalue weighted by molar-refractivity contribution is 0.202. The molecule has 2 nitrogen and oxygen atoms in total. The van der Waals surface area contributed by atoms with Crippen molar-refractivity contribution < 1.29 is 9.53 Å². The molecule has 0 aliphatic carbocycles.